The Bertz CT molecular complexity index is 1140. The first kappa shape index (κ1) is 18.8. The number of fused-ring (bicyclic) bond motifs is 1. The average molecular weight is 404 g/mol. The molecule has 1 aliphatic heterocycles. The number of imidazole rings is 1. The number of halogens is 1. The zero-order valence-corrected chi connectivity index (χ0v) is 16.8. The second-order valence-corrected chi connectivity index (χ2v) is 7.58. The van der Waals surface area contributed by atoms with Gasteiger partial charge in [-0.3, -0.25) is 18.5 Å². The molecule has 28 heavy (non-hydrogen) atoms. The Morgan fingerprint density at radius 3 is 2.68 bits per heavy atom. The molecule has 148 valence electrons. The third-order valence-corrected chi connectivity index (χ3v) is 5.71. The number of aryl methyl sites for hydroxylation is 1. The molecule has 0 spiro atoms. The van der Waals surface area contributed by atoms with E-state index in [0.717, 1.165) is 42.7 Å². The Hall–Kier alpha value is -2.58. The van der Waals surface area contributed by atoms with Crippen molar-refractivity contribution in [2.24, 2.45) is 14.1 Å². The van der Waals surface area contributed by atoms with Crippen molar-refractivity contribution in [2.75, 3.05) is 31.1 Å². The van der Waals surface area contributed by atoms with Gasteiger partial charge in [-0.1, -0.05) is 29.8 Å². The van der Waals surface area contributed by atoms with Gasteiger partial charge in [-0.05, 0) is 11.6 Å². The number of nitrogens with zero attached hydrogens (tertiary/aromatic N) is 5. The summed E-state index contributed by atoms with van der Waals surface area (Å²) >= 11 is 6.39. The highest BCUT2D eigenvalue weighted by atomic mass is 35.5. The van der Waals surface area contributed by atoms with E-state index < -0.39 is 0 Å². The van der Waals surface area contributed by atoms with Crippen molar-refractivity contribution >= 4 is 28.7 Å². The lowest BCUT2D eigenvalue weighted by atomic mass is 10.2. The molecule has 1 aliphatic rings. The highest BCUT2D eigenvalue weighted by Gasteiger charge is 2.24. The van der Waals surface area contributed by atoms with Crippen molar-refractivity contribution in [3.8, 4) is 0 Å². The van der Waals surface area contributed by atoms with Gasteiger partial charge in [0.25, 0.3) is 5.56 Å². The highest BCUT2D eigenvalue weighted by Crippen LogP contribution is 2.24. The Morgan fingerprint density at radius 2 is 1.89 bits per heavy atom. The number of rotatable bonds is 3. The Labute approximate surface area is 167 Å². The molecule has 0 atom stereocenters. The minimum atomic E-state index is -0.379. The van der Waals surface area contributed by atoms with Crippen molar-refractivity contribution in [3.05, 3.63) is 55.7 Å². The first-order valence-corrected chi connectivity index (χ1v) is 9.83. The standard InChI is InChI=1S/C19H23ClN6O2/c1-23-16-15(17(27)24(2)19(23)28)26(12-13-6-3-4-7-14(13)20)18(22-16)25-10-5-8-21-9-11-25/h3-4,6-7,21H,5,8-12H2,1-2H3/p+1. The molecule has 1 aromatic carbocycles. The van der Waals surface area contributed by atoms with Crippen LogP contribution in [0, 0.1) is 0 Å². The molecule has 8 nitrogen and oxygen atoms in total. The molecule has 0 saturated carbocycles. The van der Waals surface area contributed by atoms with E-state index in [4.69, 9.17) is 16.6 Å². The van der Waals surface area contributed by atoms with E-state index in [9.17, 15) is 9.59 Å². The maximum absolute atomic E-state index is 13.0. The highest BCUT2D eigenvalue weighted by molar-refractivity contribution is 6.31. The molecule has 2 aromatic heterocycles. The topological polar surface area (TPSA) is 81.7 Å². The molecule has 4 rings (SSSR count). The van der Waals surface area contributed by atoms with E-state index in [2.05, 4.69) is 10.2 Å². The molecule has 0 unspecified atom stereocenters. The van der Waals surface area contributed by atoms with E-state index in [1.807, 2.05) is 28.8 Å². The molecule has 9 heteroatoms. The molecular formula is C19H24ClN6O2+. The summed E-state index contributed by atoms with van der Waals surface area (Å²) in [4.78, 5) is 32.3. The maximum Gasteiger partial charge on any atom is 0.332 e. The summed E-state index contributed by atoms with van der Waals surface area (Å²) in [5, 5.41) is 2.93. The number of anilines is 1. The summed E-state index contributed by atoms with van der Waals surface area (Å²) in [6.45, 7) is 4.14. The number of benzene rings is 1. The van der Waals surface area contributed by atoms with Gasteiger partial charge in [-0.15, -0.1) is 0 Å². The fourth-order valence-corrected chi connectivity index (χ4v) is 3.95. The summed E-state index contributed by atoms with van der Waals surface area (Å²) in [7, 11) is 3.15. The molecule has 0 aliphatic carbocycles. The lowest BCUT2D eigenvalue weighted by molar-refractivity contribution is -0.650. The molecule has 0 bridgehead atoms. The van der Waals surface area contributed by atoms with Crippen molar-refractivity contribution in [1.82, 2.24) is 18.7 Å². The van der Waals surface area contributed by atoms with Crippen molar-refractivity contribution in [3.63, 3.8) is 0 Å². The summed E-state index contributed by atoms with van der Waals surface area (Å²) in [5.41, 5.74) is 1.01. The minimum Gasteiger partial charge on any atom is -0.345 e. The van der Waals surface area contributed by atoms with Crippen molar-refractivity contribution < 1.29 is 5.32 Å². The molecule has 0 amide bonds. The number of hydrogen-bond donors (Lipinski definition) is 1. The quantitative estimate of drug-likeness (QED) is 0.662. The molecule has 1 fully saturated rings. The van der Waals surface area contributed by atoms with Crippen LogP contribution < -0.4 is 21.5 Å². The SMILES string of the molecule is Cn1c(=O)c2c(nc(N3CCC[NH2+]CC3)n2Cc2ccccc2Cl)n(C)c1=O. The largest absolute Gasteiger partial charge is 0.345 e. The van der Waals surface area contributed by atoms with Crippen LogP contribution in [0.15, 0.2) is 33.9 Å². The maximum atomic E-state index is 13.0. The molecular weight excluding hydrogens is 380 g/mol. The minimum absolute atomic E-state index is 0.342. The summed E-state index contributed by atoms with van der Waals surface area (Å²) in [5.74, 6) is 0.712. The summed E-state index contributed by atoms with van der Waals surface area (Å²) < 4.78 is 4.48. The third kappa shape index (κ3) is 3.12. The number of quaternary nitrogens is 1. The first-order valence-electron chi connectivity index (χ1n) is 9.45. The zero-order chi connectivity index (χ0) is 19.8. The predicted molar refractivity (Wildman–Crippen MR) is 109 cm³/mol. The molecule has 3 heterocycles. The second-order valence-electron chi connectivity index (χ2n) is 7.17. The summed E-state index contributed by atoms with van der Waals surface area (Å²) in [6.07, 6.45) is 1.03. The van der Waals surface area contributed by atoms with Gasteiger partial charge < -0.3 is 10.2 Å². The molecule has 0 radical (unpaired) electrons. The van der Waals surface area contributed by atoms with Crippen LogP contribution in [-0.2, 0) is 20.6 Å². The van der Waals surface area contributed by atoms with E-state index >= 15 is 0 Å². The van der Waals surface area contributed by atoms with Crippen LogP contribution in [0.3, 0.4) is 0 Å². The Balaban J connectivity index is 1.98. The normalized spacial score (nSPS) is 15.2. The van der Waals surface area contributed by atoms with Crippen LogP contribution in [-0.4, -0.2) is 44.9 Å². The van der Waals surface area contributed by atoms with E-state index in [-0.39, 0.29) is 11.2 Å². The van der Waals surface area contributed by atoms with Crippen LogP contribution in [0.25, 0.3) is 11.2 Å². The van der Waals surface area contributed by atoms with E-state index in [1.54, 1.807) is 7.05 Å². The van der Waals surface area contributed by atoms with Gasteiger partial charge in [-0.25, -0.2) is 4.79 Å². The van der Waals surface area contributed by atoms with Gasteiger partial charge in [0.15, 0.2) is 11.2 Å². The second kappa shape index (κ2) is 7.44. The van der Waals surface area contributed by atoms with Crippen LogP contribution in [0.5, 0.6) is 0 Å². The molecule has 3 aromatic rings. The van der Waals surface area contributed by atoms with Crippen LogP contribution in [0.1, 0.15) is 12.0 Å². The average Bonchev–Trinajstić information content (AvgIpc) is 2.87. The number of hydrogen-bond acceptors (Lipinski definition) is 4. The van der Waals surface area contributed by atoms with Crippen LogP contribution in [0.4, 0.5) is 5.95 Å². The monoisotopic (exact) mass is 403 g/mol. The van der Waals surface area contributed by atoms with Gasteiger partial charge in [-0.2, -0.15) is 4.98 Å². The smallest absolute Gasteiger partial charge is 0.332 e. The number of aromatic nitrogens is 4. The van der Waals surface area contributed by atoms with Gasteiger partial charge >= 0.3 is 5.69 Å². The molecule has 2 N–H and O–H groups in total. The first-order chi connectivity index (χ1) is 13.5. The zero-order valence-electron chi connectivity index (χ0n) is 16.1. The van der Waals surface area contributed by atoms with Crippen molar-refractivity contribution in [1.29, 1.82) is 0 Å². The Kier molecular flexibility index (Phi) is 4.99. The van der Waals surface area contributed by atoms with Gasteiger partial charge in [0.1, 0.15) is 0 Å². The van der Waals surface area contributed by atoms with E-state index in [0.29, 0.717) is 28.7 Å². The number of nitrogens with two attached hydrogens (primary N) is 1. The van der Waals surface area contributed by atoms with Crippen LogP contribution in [0.2, 0.25) is 5.02 Å². The van der Waals surface area contributed by atoms with E-state index in [1.165, 1.54) is 11.6 Å². The van der Waals surface area contributed by atoms with Gasteiger partial charge in [0.05, 0.1) is 26.2 Å². The fourth-order valence-electron chi connectivity index (χ4n) is 3.75. The fraction of sp³-hybridized carbons (Fsp3) is 0.421. The Morgan fingerprint density at radius 1 is 1.11 bits per heavy atom. The van der Waals surface area contributed by atoms with Gasteiger partial charge in [0, 0.05) is 32.1 Å². The third-order valence-electron chi connectivity index (χ3n) is 5.34. The van der Waals surface area contributed by atoms with Gasteiger partial charge in [0.2, 0.25) is 5.95 Å². The van der Waals surface area contributed by atoms with Crippen LogP contribution >= 0.6 is 11.6 Å². The lowest BCUT2D eigenvalue weighted by Crippen LogP contribution is -2.84. The predicted octanol–water partition coefficient (Wildman–Crippen LogP) is -0.0911. The lowest BCUT2D eigenvalue weighted by Gasteiger charge is -2.21. The molecule has 1 saturated heterocycles. The van der Waals surface area contributed by atoms with Crippen molar-refractivity contribution in [2.45, 2.75) is 13.0 Å². The summed E-state index contributed by atoms with van der Waals surface area (Å²) in [6, 6.07) is 7.59.